The molecule has 7 heteroatoms. The molecule has 7 nitrogen and oxygen atoms in total. The number of H-pyrrole nitrogens is 1. The van der Waals surface area contributed by atoms with Gasteiger partial charge in [0.1, 0.15) is 11.3 Å². The van der Waals surface area contributed by atoms with Gasteiger partial charge in [-0.1, -0.05) is 0 Å². The molecule has 0 fully saturated rings. The highest BCUT2D eigenvalue weighted by Crippen LogP contribution is 2.15. The summed E-state index contributed by atoms with van der Waals surface area (Å²) in [6.45, 7) is 1.66. The average Bonchev–Trinajstić information content (AvgIpc) is 2.78. The van der Waals surface area contributed by atoms with E-state index in [0.717, 1.165) is 0 Å². The fourth-order valence-corrected chi connectivity index (χ4v) is 1.53. The van der Waals surface area contributed by atoms with Gasteiger partial charge >= 0.3 is 0 Å². The van der Waals surface area contributed by atoms with Crippen LogP contribution in [-0.4, -0.2) is 25.8 Å². The molecule has 0 aliphatic heterocycles. The standard InChI is InChI=1S/C11H12N4O3/c1-6-5-7(16)9(11(18)15(6)2)10(17)13-8-3-4-12-14-8/h3-5,16H,1-2H3,(H2,12,13,14,17). The lowest BCUT2D eigenvalue weighted by Gasteiger charge is -2.08. The maximum absolute atomic E-state index is 11.9. The third kappa shape index (κ3) is 1.97. The van der Waals surface area contributed by atoms with Crippen LogP contribution in [0.3, 0.4) is 0 Å². The number of aryl methyl sites for hydroxylation is 1. The molecule has 3 N–H and O–H groups in total. The van der Waals surface area contributed by atoms with Gasteiger partial charge < -0.3 is 15.0 Å². The smallest absolute Gasteiger partial charge is 0.267 e. The first kappa shape index (κ1) is 11.9. The Hall–Kier alpha value is -2.57. The number of hydrogen-bond acceptors (Lipinski definition) is 4. The summed E-state index contributed by atoms with van der Waals surface area (Å²) < 4.78 is 1.29. The predicted octanol–water partition coefficient (Wildman–Crippen LogP) is 0.375. The normalized spacial score (nSPS) is 10.3. The zero-order valence-corrected chi connectivity index (χ0v) is 9.89. The lowest BCUT2D eigenvalue weighted by Crippen LogP contribution is -2.29. The van der Waals surface area contributed by atoms with Crippen molar-refractivity contribution in [3.8, 4) is 5.75 Å². The van der Waals surface area contributed by atoms with Gasteiger partial charge in [0.15, 0.2) is 5.82 Å². The minimum Gasteiger partial charge on any atom is -0.507 e. The second-order valence-electron chi connectivity index (χ2n) is 3.82. The van der Waals surface area contributed by atoms with Crippen LogP contribution in [0.15, 0.2) is 23.1 Å². The molecule has 0 aliphatic rings. The van der Waals surface area contributed by atoms with Crippen molar-refractivity contribution in [3.05, 3.63) is 39.9 Å². The van der Waals surface area contributed by atoms with Crippen molar-refractivity contribution in [2.24, 2.45) is 7.05 Å². The van der Waals surface area contributed by atoms with Crippen molar-refractivity contribution in [1.29, 1.82) is 0 Å². The van der Waals surface area contributed by atoms with Gasteiger partial charge in [-0.05, 0) is 6.92 Å². The number of aromatic nitrogens is 3. The van der Waals surface area contributed by atoms with E-state index < -0.39 is 11.5 Å². The van der Waals surface area contributed by atoms with Gasteiger partial charge in [0.25, 0.3) is 11.5 Å². The molecule has 0 aromatic carbocycles. The number of aromatic hydroxyl groups is 1. The molecule has 0 radical (unpaired) electrons. The first-order valence-electron chi connectivity index (χ1n) is 5.21. The second kappa shape index (κ2) is 4.36. The number of rotatable bonds is 2. The number of aromatic amines is 1. The van der Waals surface area contributed by atoms with Gasteiger partial charge in [0.05, 0.1) is 0 Å². The van der Waals surface area contributed by atoms with Gasteiger partial charge in [-0.25, -0.2) is 0 Å². The summed E-state index contributed by atoms with van der Waals surface area (Å²) in [5.74, 6) is -0.758. The number of carbonyl (C=O) groups excluding carboxylic acids is 1. The number of nitrogens with one attached hydrogen (secondary N) is 2. The zero-order valence-electron chi connectivity index (χ0n) is 9.89. The molecular formula is C11H12N4O3. The van der Waals surface area contributed by atoms with E-state index in [4.69, 9.17) is 0 Å². The monoisotopic (exact) mass is 248 g/mol. The summed E-state index contributed by atoms with van der Waals surface area (Å²) in [5.41, 5.74) is -0.291. The van der Waals surface area contributed by atoms with Crippen LogP contribution in [0.25, 0.3) is 0 Å². The van der Waals surface area contributed by atoms with E-state index in [1.54, 1.807) is 6.92 Å². The molecule has 0 atom stereocenters. The maximum Gasteiger partial charge on any atom is 0.267 e. The first-order valence-corrected chi connectivity index (χ1v) is 5.21. The van der Waals surface area contributed by atoms with E-state index in [1.165, 1.54) is 29.9 Å². The maximum atomic E-state index is 11.9. The summed E-state index contributed by atoms with van der Waals surface area (Å²) in [7, 11) is 1.53. The number of hydrogen-bond donors (Lipinski definition) is 3. The van der Waals surface area contributed by atoms with Gasteiger partial charge in [-0.15, -0.1) is 0 Å². The molecule has 2 heterocycles. The molecule has 94 valence electrons. The van der Waals surface area contributed by atoms with Crippen molar-refractivity contribution < 1.29 is 9.90 Å². The van der Waals surface area contributed by atoms with Crippen molar-refractivity contribution in [1.82, 2.24) is 14.8 Å². The Balaban J connectivity index is 2.43. The van der Waals surface area contributed by atoms with Crippen LogP contribution in [0, 0.1) is 6.92 Å². The Bertz CT molecular complexity index is 643. The van der Waals surface area contributed by atoms with E-state index in [1.807, 2.05) is 0 Å². The molecule has 0 bridgehead atoms. The van der Waals surface area contributed by atoms with E-state index in [-0.39, 0.29) is 17.1 Å². The van der Waals surface area contributed by atoms with Gasteiger partial charge in [0.2, 0.25) is 0 Å². The highest BCUT2D eigenvalue weighted by molar-refractivity contribution is 6.05. The minimum absolute atomic E-state index is 0.280. The number of nitrogens with zero attached hydrogens (tertiary/aromatic N) is 2. The van der Waals surface area contributed by atoms with Crippen LogP contribution in [0.5, 0.6) is 5.75 Å². The van der Waals surface area contributed by atoms with Crippen LogP contribution in [-0.2, 0) is 7.05 Å². The Morgan fingerprint density at radius 3 is 2.89 bits per heavy atom. The zero-order chi connectivity index (χ0) is 13.3. The molecule has 0 aliphatic carbocycles. The van der Waals surface area contributed by atoms with Crippen LogP contribution >= 0.6 is 0 Å². The molecular weight excluding hydrogens is 236 g/mol. The highest BCUT2D eigenvalue weighted by Gasteiger charge is 2.18. The molecule has 1 amide bonds. The molecule has 2 aromatic rings. The fourth-order valence-electron chi connectivity index (χ4n) is 1.53. The largest absolute Gasteiger partial charge is 0.507 e. The summed E-state index contributed by atoms with van der Waals surface area (Å²) in [5, 5.41) is 18.4. The van der Waals surface area contributed by atoms with Gasteiger partial charge in [-0.2, -0.15) is 5.10 Å². The lowest BCUT2D eigenvalue weighted by molar-refractivity contribution is 0.102. The third-order valence-electron chi connectivity index (χ3n) is 2.62. The second-order valence-corrected chi connectivity index (χ2v) is 3.82. The molecule has 18 heavy (non-hydrogen) atoms. The summed E-state index contributed by atoms with van der Waals surface area (Å²) in [6.07, 6.45) is 1.53. The number of pyridine rings is 1. The molecule has 2 rings (SSSR count). The SMILES string of the molecule is Cc1cc(O)c(C(=O)Nc2cc[nH]n2)c(=O)n1C. The van der Waals surface area contributed by atoms with Crippen LogP contribution in [0.2, 0.25) is 0 Å². The van der Waals surface area contributed by atoms with E-state index in [0.29, 0.717) is 5.69 Å². The molecule has 0 saturated heterocycles. The summed E-state index contributed by atoms with van der Waals surface area (Å²) >= 11 is 0. The van der Waals surface area contributed by atoms with Crippen molar-refractivity contribution in [2.75, 3.05) is 5.32 Å². The summed E-state index contributed by atoms with van der Waals surface area (Å²) in [6, 6.07) is 2.90. The Labute approximate surface area is 102 Å². The van der Waals surface area contributed by atoms with Crippen LogP contribution in [0.1, 0.15) is 16.1 Å². The molecule has 0 unspecified atom stereocenters. The molecule has 0 saturated carbocycles. The van der Waals surface area contributed by atoms with Crippen LogP contribution in [0.4, 0.5) is 5.82 Å². The highest BCUT2D eigenvalue weighted by atomic mass is 16.3. The fraction of sp³-hybridized carbons (Fsp3) is 0.182. The average molecular weight is 248 g/mol. The van der Waals surface area contributed by atoms with E-state index >= 15 is 0 Å². The van der Waals surface area contributed by atoms with Gasteiger partial charge in [-0.3, -0.25) is 14.7 Å². The number of anilines is 1. The third-order valence-corrected chi connectivity index (χ3v) is 2.62. The topological polar surface area (TPSA) is 100 Å². The molecule has 0 spiro atoms. The predicted molar refractivity (Wildman–Crippen MR) is 64.6 cm³/mol. The Kier molecular flexibility index (Phi) is 2.88. The van der Waals surface area contributed by atoms with E-state index in [2.05, 4.69) is 15.5 Å². The first-order chi connectivity index (χ1) is 8.50. The van der Waals surface area contributed by atoms with Crippen molar-refractivity contribution in [2.45, 2.75) is 6.92 Å². The quantitative estimate of drug-likeness (QED) is 0.715. The summed E-state index contributed by atoms with van der Waals surface area (Å²) in [4.78, 5) is 23.8. The Morgan fingerprint density at radius 2 is 2.28 bits per heavy atom. The Morgan fingerprint density at radius 1 is 1.56 bits per heavy atom. The van der Waals surface area contributed by atoms with Gasteiger partial charge in [0, 0.05) is 31.1 Å². The van der Waals surface area contributed by atoms with Crippen LogP contribution < -0.4 is 10.9 Å². The number of amides is 1. The lowest BCUT2D eigenvalue weighted by atomic mass is 10.2. The molecule has 2 aromatic heterocycles. The van der Waals surface area contributed by atoms with Crippen molar-refractivity contribution in [3.63, 3.8) is 0 Å². The van der Waals surface area contributed by atoms with Crippen molar-refractivity contribution >= 4 is 11.7 Å². The minimum atomic E-state index is -0.694. The van der Waals surface area contributed by atoms with E-state index in [9.17, 15) is 14.7 Å². The number of carbonyl (C=O) groups is 1.